The van der Waals surface area contributed by atoms with Crippen LogP contribution in [-0.4, -0.2) is 30.7 Å². The SMILES string of the molecule is Cc1ccccc1C(=O)N1CCC(c2ccc3c(c2)OCO3)C1. The summed E-state index contributed by atoms with van der Waals surface area (Å²) in [5, 5.41) is 0. The monoisotopic (exact) mass is 309 g/mol. The molecule has 2 heterocycles. The summed E-state index contributed by atoms with van der Waals surface area (Å²) in [6, 6.07) is 13.9. The maximum atomic E-state index is 12.7. The molecule has 2 aliphatic rings. The molecule has 2 aromatic carbocycles. The fraction of sp³-hybridized carbons (Fsp3) is 0.316. The normalized spacial score (nSPS) is 19.2. The van der Waals surface area contributed by atoms with Crippen molar-refractivity contribution in [1.82, 2.24) is 4.90 Å². The first-order valence-electron chi connectivity index (χ1n) is 7.97. The Morgan fingerprint density at radius 3 is 2.83 bits per heavy atom. The summed E-state index contributed by atoms with van der Waals surface area (Å²) in [7, 11) is 0. The summed E-state index contributed by atoms with van der Waals surface area (Å²) >= 11 is 0. The van der Waals surface area contributed by atoms with Gasteiger partial charge in [0, 0.05) is 24.6 Å². The number of benzene rings is 2. The predicted octanol–water partition coefficient (Wildman–Crippen LogP) is 3.35. The number of carbonyl (C=O) groups excluding carboxylic acids is 1. The van der Waals surface area contributed by atoms with Crippen LogP contribution in [0.5, 0.6) is 11.5 Å². The highest BCUT2D eigenvalue weighted by atomic mass is 16.7. The van der Waals surface area contributed by atoms with Gasteiger partial charge in [0.05, 0.1) is 0 Å². The molecule has 0 aromatic heterocycles. The van der Waals surface area contributed by atoms with E-state index in [4.69, 9.17) is 9.47 Å². The number of hydrogen-bond donors (Lipinski definition) is 0. The Bertz CT molecular complexity index is 756. The van der Waals surface area contributed by atoms with Crippen molar-refractivity contribution in [3.8, 4) is 11.5 Å². The number of aryl methyl sites for hydroxylation is 1. The molecule has 0 spiro atoms. The first-order valence-corrected chi connectivity index (χ1v) is 7.97. The van der Waals surface area contributed by atoms with Crippen LogP contribution in [0.25, 0.3) is 0 Å². The number of amides is 1. The van der Waals surface area contributed by atoms with Crippen LogP contribution >= 0.6 is 0 Å². The van der Waals surface area contributed by atoms with Crippen LogP contribution < -0.4 is 9.47 Å². The average Bonchev–Trinajstić information content (AvgIpc) is 3.23. The van der Waals surface area contributed by atoms with Crippen LogP contribution in [0.1, 0.15) is 33.8 Å². The van der Waals surface area contributed by atoms with E-state index in [1.807, 2.05) is 42.2 Å². The van der Waals surface area contributed by atoms with Gasteiger partial charge in [-0.2, -0.15) is 0 Å². The minimum Gasteiger partial charge on any atom is -0.454 e. The minimum atomic E-state index is 0.131. The van der Waals surface area contributed by atoms with Crippen molar-refractivity contribution in [2.45, 2.75) is 19.3 Å². The Morgan fingerprint density at radius 2 is 1.96 bits per heavy atom. The van der Waals surface area contributed by atoms with E-state index in [9.17, 15) is 4.79 Å². The van der Waals surface area contributed by atoms with Crippen molar-refractivity contribution in [1.29, 1.82) is 0 Å². The van der Waals surface area contributed by atoms with E-state index in [1.54, 1.807) is 0 Å². The van der Waals surface area contributed by atoms with Gasteiger partial charge in [-0.15, -0.1) is 0 Å². The molecular formula is C19H19NO3. The van der Waals surface area contributed by atoms with Gasteiger partial charge in [0.1, 0.15) is 0 Å². The van der Waals surface area contributed by atoms with E-state index >= 15 is 0 Å². The van der Waals surface area contributed by atoms with Crippen LogP contribution in [0, 0.1) is 6.92 Å². The van der Waals surface area contributed by atoms with Gasteiger partial charge in [-0.25, -0.2) is 0 Å². The maximum Gasteiger partial charge on any atom is 0.254 e. The molecule has 1 atom stereocenters. The van der Waals surface area contributed by atoms with Crippen LogP contribution in [0.2, 0.25) is 0 Å². The molecular weight excluding hydrogens is 290 g/mol. The zero-order chi connectivity index (χ0) is 15.8. The molecule has 0 saturated carbocycles. The van der Waals surface area contributed by atoms with Gasteiger partial charge in [-0.3, -0.25) is 4.79 Å². The molecule has 0 bridgehead atoms. The summed E-state index contributed by atoms with van der Waals surface area (Å²) in [6.45, 7) is 3.83. The standard InChI is InChI=1S/C19H19NO3/c1-13-4-2-3-5-16(13)19(21)20-9-8-15(11-20)14-6-7-17-18(10-14)23-12-22-17/h2-7,10,15H,8-9,11-12H2,1H3. The van der Waals surface area contributed by atoms with E-state index < -0.39 is 0 Å². The second kappa shape index (κ2) is 5.61. The van der Waals surface area contributed by atoms with Gasteiger partial charge in [0.2, 0.25) is 6.79 Å². The first kappa shape index (κ1) is 14.1. The molecule has 4 rings (SSSR count). The first-order chi connectivity index (χ1) is 11.2. The lowest BCUT2D eigenvalue weighted by atomic mass is 9.98. The van der Waals surface area contributed by atoms with Crippen LogP contribution in [0.15, 0.2) is 42.5 Å². The van der Waals surface area contributed by atoms with Gasteiger partial charge < -0.3 is 14.4 Å². The van der Waals surface area contributed by atoms with Gasteiger partial charge >= 0.3 is 0 Å². The van der Waals surface area contributed by atoms with Gasteiger partial charge in [0.15, 0.2) is 11.5 Å². The molecule has 2 aliphatic heterocycles. The summed E-state index contributed by atoms with van der Waals surface area (Å²) < 4.78 is 10.8. The Balaban J connectivity index is 1.51. The zero-order valence-corrected chi connectivity index (χ0v) is 13.1. The molecule has 4 nitrogen and oxygen atoms in total. The number of fused-ring (bicyclic) bond motifs is 1. The van der Waals surface area contributed by atoms with Crippen molar-refractivity contribution < 1.29 is 14.3 Å². The number of likely N-dealkylation sites (tertiary alicyclic amines) is 1. The van der Waals surface area contributed by atoms with Crippen LogP contribution in [-0.2, 0) is 0 Å². The zero-order valence-electron chi connectivity index (χ0n) is 13.1. The third-order valence-corrected chi connectivity index (χ3v) is 4.72. The van der Waals surface area contributed by atoms with E-state index in [2.05, 4.69) is 12.1 Å². The predicted molar refractivity (Wildman–Crippen MR) is 87.0 cm³/mol. The highest BCUT2D eigenvalue weighted by Gasteiger charge is 2.29. The number of ether oxygens (including phenoxy) is 2. The molecule has 0 radical (unpaired) electrons. The second-order valence-electron chi connectivity index (χ2n) is 6.16. The van der Waals surface area contributed by atoms with E-state index in [0.717, 1.165) is 42.1 Å². The van der Waals surface area contributed by atoms with Crippen molar-refractivity contribution in [2.24, 2.45) is 0 Å². The fourth-order valence-corrected chi connectivity index (χ4v) is 3.37. The maximum absolute atomic E-state index is 12.7. The van der Waals surface area contributed by atoms with Crippen molar-refractivity contribution in [3.63, 3.8) is 0 Å². The molecule has 0 N–H and O–H groups in total. The molecule has 0 aliphatic carbocycles. The summed E-state index contributed by atoms with van der Waals surface area (Å²) in [4.78, 5) is 14.7. The minimum absolute atomic E-state index is 0.131. The van der Waals surface area contributed by atoms with Gasteiger partial charge in [-0.1, -0.05) is 24.3 Å². The molecule has 118 valence electrons. The summed E-state index contributed by atoms with van der Waals surface area (Å²) in [6.07, 6.45) is 0.983. The summed E-state index contributed by atoms with van der Waals surface area (Å²) in [5.41, 5.74) is 3.05. The smallest absolute Gasteiger partial charge is 0.254 e. The summed E-state index contributed by atoms with van der Waals surface area (Å²) in [5.74, 6) is 2.11. The van der Waals surface area contributed by atoms with Crippen molar-refractivity contribution in [2.75, 3.05) is 19.9 Å². The van der Waals surface area contributed by atoms with E-state index in [1.165, 1.54) is 5.56 Å². The number of nitrogens with zero attached hydrogens (tertiary/aromatic N) is 1. The average molecular weight is 309 g/mol. The van der Waals surface area contributed by atoms with Crippen LogP contribution in [0.3, 0.4) is 0 Å². The van der Waals surface area contributed by atoms with Crippen molar-refractivity contribution >= 4 is 5.91 Å². The highest BCUT2D eigenvalue weighted by Crippen LogP contribution is 2.37. The molecule has 23 heavy (non-hydrogen) atoms. The molecule has 1 fully saturated rings. The molecule has 1 amide bonds. The quantitative estimate of drug-likeness (QED) is 0.854. The fourth-order valence-electron chi connectivity index (χ4n) is 3.37. The Labute approximate surface area is 135 Å². The van der Waals surface area contributed by atoms with E-state index in [0.29, 0.717) is 12.7 Å². The number of hydrogen-bond acceptors (Lipinski definition) is 3. The van der Waals surface area contributed by atoms with Gasteiger partial charge in [-0.05, 0) is 42.7 Å². The molecule has 4 heteroatoms. The second-order valence-corrected chi connectivity index (χ2v) is 6.16. The number of carbonyl (C=O) groups is 1. The van der Waals surface area contributed by atoms with Crippen LogP contribution in [0.4, 0.5) is 0 Å². The Hall–Kier alpha value is -2.49. The topological polar surface area (TPSA) is 38.8 Å². The molecule has 1 saturated heterocycles. The third-order valence-electron chi connectivity index (χ3n) is 4.72. The third kappa shape index (κ3) is 2.54. The lowest BCUT2D eigenvalue weighted by molar-refractivity contribution is 0.0790. The number of rotatable bonds is 2. The largest absolute Gasteiger partial charge is 0.454 e. The Kier molecular flexibility index (Phi) is 3.45. The molecule has 2 aromatic rings. The van der Waals surface area contributed by atoms with Crippen molar-refractivity contribution in [3.05, 3.63) is 59.2 Å². The molecule has 1 unspecified atom stereocenters. The highest BCUT2D eigenvalue weighted by molar-refractivity contribution is 5.95. The Morgan fingerprint density at radius 1 is 1.13 bits per heavy atom. The van der Waals surface area contributed by atoms with Gasteiger partial charge in [0.25, 0.3) is 5.91 Å². The lowest BCUT2D eigenvalue weighted by Gasteiger charge is -2.18. The van der Waals surface area contributed by atoms with E-state index in [-0.39, 0.29) is 5.91 Å². The lowest BCUT2D eigenvalue weighted by Crippen LogP contribution is -2.29.